The van der Waals surface area contributed by atoms with E-state index >= 15 is 0 Å². The number of fused-ring (bicyclic) bond motifs is 1. The molecule has 0 spiro atoms. The van der Waals surface area contributed by atoms with Crippen LogP contribution in [0.5, 0.6) is 0 Å². The van der Waals surface area contributed by atoms with Crippen LogP contribution in [-0.4, -0.2) is 30.9 Å². The van der Waals surface area contributed by atoms with Crippen LogP contribution in [-0.2, 0) is 0 Å². The predicted octanol–water partition coefficient (Wildman–Crippen LogP) is 3.11. The van der Waals surface area contributed by atoms with E-state index in [0.717, 1.165) is 0 Å². The van der Waals surface area contributed by atoms with E-state index in [1.165, 1.54) is 0 Å². The molecule has 0 aromatic heterocycles. The van der Waals surface area contributed by atoms with Crippen molar-refractivity contribution < 1.29 is 22.0 Å². The summed E-state index contributed by atoms with van der Waals surface area (Å²) in [6.07, 6.45) is -9.97. The molecule has 0 aromatic rings. The van der Waals surface area contributed by atoms with Crippen molar-refractivity contribution >= 4 is 0 Å². The van der Waals surface area contributed by atoms with Crippen LogP contribution in [0.25, 0.3) is 0 Å². The van der Waals surface area contributed by atoms with Gasteiger partial charge in [-0.1, -0.05) is 6.42 Å². The highest BCUT2D eigenvalue weighted by molar-refractivity contribution is 5.02. The summed E-state index contributed by atoms with van der Waals surface area (Å²) < 4.78 is 66.1. The van der Waals surface area contributed by atoms with Gasteiger partial charge in [-0.15, -0.1) is 0 Å². The first kappa shape index (κ1) is 11.1. The van der Waals surface area contributed by atoms with E-state index in [2.05, 4.69) is 0 Å². The summed E-state index contributed by atoms with van der Waals surface area (Å²) in [5.74, 6) is -2.29. The summed E-state index contributed by atoms with van der Waals surface area (Å²) >= 11 is 0. The lowest BCUT2D eigenvalue weighted by Crippen LogP contribution is -2.56. The van der Waals surface area contributed by atoms with Crippen LogP contribution in [0.1, 0.15) is 19.3 Å². The molecule has 2 rings (SSSR count). The molecule has 0 aliphatic heterocycles. The van der Waals surface area contributed by atoms with Gasteiger partial charge in [0, 0.05) is 11.8 Å². The van der Waals surface area contributed by atoms with Gasteiger partial charge in [0.1, 0.15) is 18.5 Å². The Bertz CT molecular complexity index is 234. The van der Waals surface area contributed by atoms with Crippen molar-refractivity contribution in [2.75, 3.05) is 0 Å². The summed E-state index contributed by atoms with van der Waals surface area (Å²) in [7, 11) is 0. The normalized spacial score (nSPS) is 56.2. The van der Waals surface area contributed by atoms with Gasteiger partial charge in [-0.25, -0.2) is 22.0 Å². The molecule has 88 valence electrons. The Hall–Kier alpha value is -0.350. The molecular formula is C10H13F5. The maximum absolute atomic E-state index is 13.4. The smallest absolute Gasteiger partial charge is 0.165 e. The number of alkyl halides is 5. The predicted molar refractivity (Wildman–Crippen MR) is 45.3 cm³/mol. The SMILES string of the molecule is FC1CCCC2C(F)C(F)C(F)C(F)C12. The third kappa shape index (κ3) is 1.64. The molecule has 7 unspecified atom stereocenters. The van der Waals surface area contributed by atoms with Crippen molar-refractivity contribution in [1.82, 2.24) is 0 Å². The minimum Gasteiger partial charge on any atom is -0.247 e. The minimum atomic E-state index is -2.52. The van der Waals surface area contributed by atoms with E-state index < -0.39 is 42.7 Å². The number of rotatable bonds is 0. The molecule has 0 amide bonds. The van der Waals surface area contributed by atoms with Crippen molar-refractivity contribution in [3.8, 4) is 0 Å². The van der Waals surface area contributed by atoms with Crippen LogP contribution >= 0.6 is 0 Å². The first-order chi connectivity index (χ1) is 7.04. The van der Waals surface area contributed by atoms with Crippen molar-refractivity contribution in [3.05, 3.63) is 0 Å². The van der Waals surface area contributed by atoms with Gasteiger partial charge >= 0.3 is 0 Å². The maximum atomic E-state index is 13.4. The highest BCUT2D eigenvalue weighted by Gasteiger charge is 2.56. The molecule has 0 saturated heterocycles. The van der Waals surface area contributed by atoms with Crippen molar-refractivity contribution in [2.24, 2.45) is 11.8 Å². The number of halogens is 5. The average molecular weight is 228 g/mol. The molecule has 2 aliphatic rings. The standard InChI is InChI=1S/C10H13F5/c11-5-3-1-2-4-6(5)8(13)10(15)9(14)7(4)12/h4-10H,1-3H2. The first-order valence-electron chi connectivity index (χ1n) is 5.24. The Kier molecular flexibility index (Phi) is 2.90. The Balaban J connectivity index is 2.22. The van der Waals surface area contributed by atoms with E-state index in [0.29, 0.717) is 6.42 Å². The number of hydrogen-bond acceptors (Lipinski definition) is 0. The monoisotopic (exact) mass is 228 g/mol. The molecule has 2 fully saturated rings. The molecule has 7 atom stereocenters. The van der Waals surface area contributed by atoms with Gasteiger partial charge in [-0.3, -0.25) is 0 Å². The zero-order valence-corrected chi connectivity index (χ0v) is 8.05. The Labute approximate surface area is 84.8 Å². The zero-order chi connectivity index (χ0) is 11.2. The van der Waals surface area contributed by atoms with Crippen LogP contribution in [0.4, 0.5) is 22.0 Å². The van der Waals surface area contributed by atoms with Crippen LogP contribution in [0.2, 0.25) is 0 Å². The van der Waals surface area contributed by atoms with Crippen LogP contribution in [0.3, 0.4) is 0 Å². The minimum absolute atomic E-state index is 0.123. The molecule has 5 heteroatoms. The summed E-state index contributed by atoms with van der Waals surface area (Å²) in [5.41, 5.74) is 0. The molecule has 15 heavy (non-hydrogen) atoms. The van der Waals surface area contributed by atoms with E-state index in [1.54, 1.807) is 0 Å². The van der Waals surface area contributed by atoms with Gasteiger partial charge < -0.3 is 0 Å². The summed E-state index contributed by atoms with van der Waals surface area (Å²) in [6, 6.07) is 0. The van der Waals surface area contributed by atoms with Crippen molar-refractivity contribution in [2.45, 2.75) is 50.1 Å². The molecule has 0 radical (unpaired) electrons. The van der Waals surface area contributed by atoms with Gasteiger partial charge in [-0.2, -0.15) is 0 Å². The molecule has 0 nitrogen and oxygen atoms in total. The fourth-order valence-electron chi connectivity index (χ4n) is 2.81. The average Bonchev–Trinajstić information content (AvgIpc) is 2.23. The molecule has 0 aromatic carbocycles. The zero-order valence-electron chi connectivity index (χ0n) is 8.05. The topological polar surface area (TPSA) is 0 Å². The van der Waals surface area contributed by atoms with Gasteiger partial charge in [0.2, 0.25) is 0 Å². The third-order valence-electron chi connectivity index (χ3n) is 3.62. The van der Waals surface area contributed by atoms with Crippen LogP contribution in [0.15, 0.2) is 0 Å². The second kappa shape index (κ2) is 3.91. The fourth-order valence-corrected chi connectivity index (χ4v) is 2.81. The molecule has 2 aliphatic carbocycles. The molecule has 2 saturated carbocycles. The Morgan fingerprint density at radius 1 is 0.667 bits per heavy atom. The van der Waals surface area contributed by atoms with Crippen molar-refractivity contribution in [3.63, 3.8) is 0 Å². The molecular weight excluding hydrogens is 215 g/mol. The van der Waals surface area contributed by atoms with Gasteiger partial charge in [0.15, 0.2) is 12.3 Å². The van der Waals surface area contributed by atoms with E-state index in [4.69, 9.17) is 0 Å². The second-order valence-electron chi connectivity index (χ2n) is 4.47. The lowest BCUT2D eigenvalue weighted by molar-refractivity contribution is -0.114. The first-order valence-corrected chi connectivity index (χ1v) is 5.24. The summed E-state index contributed by atoms with van der Waals surface area (Å²) in [5, 5.41) is 0. The lowest BCUT2D eigenvalue weighted by atomic mass is 9.67. The largest absolute Gasteiger partial charge is 0.247 e. The van der Waals surface area contributed by atoms with E-state index in [1.807, 2.05) is 0 Å². The summed E-state index contributed by atoms with van der Waals surface area (Å²) in [4.78, 5) is 0. The lowest BCUT2D eigenvalue weighted by Gasteiger charge is -2.44. The van der Waals surface area contributed by atoms with Crippen molar-refractivity contribution in [1.29, 1.82) is 0 Å². The number of hydrogen-bond donors (Lipinski definition) is 0. The molecule has 0 heterocycles. The highest BCUT2D eigenvalue weighted by Crippen LogP contribution is 2.46. The third-order valence-corrected chi connectivity index (χ3v) is 3.62. The Morgan fingerprint density at radius 2 is 1.27 bits per heavy atom. The van der Waals surface area contributed by atoms with Crippen LogP contribution in [0, 0.1) is 11.8 Å². The van der Waals surface area contributed by atoms with Crippen LogP contribution < -0.4 is 0 Å². The summed E-state index contributed by atoms with van der Waals surface area (Å²) in [6.45, 7) is 0. The maximum Gasteiger partial charge on any atom is 0.165 e. The van der Waals surface area contributed by atoms with E-state index in [-0.39, 0.29) is 12.8 Å². The molecule has 0 N–H and O–H groups in total. The quantitative estimate of drug-likeness (QED) is 0.559. The highest BCUT2D eigenvalue weighted by atomic mass is 19.2. The fraction of sp³-hybridized carbons (Fsp3) is 1.00. The van der Waals surface area contributed by atoms with Gasteiger partial charge in [-0.05, 0) is 12.8 Å². The molecule has 0 bridgehead atoms. The second-order valence-corrected chi connectivity index (χ2v) is 4.47. The Morgan fingerprint density at radius 3 is 1.93 bits per heavy atom. The van der Waals surface area contributed by atoms with Gasteiger partial charge in [0.05, 0.1) is 0 Å². The van der Waals surface area contributed by atoms with E-state index in [9.17, 15) is 22.0 Å². The van der Waals surface area contributed by atoms with Gasteiger partial charge in [0.25, 0.3) is 0 Å².